The molecule has 1 aliphatic rings. The summed E-state index contributed by atoms with van der Waals surface area (Å²) >= 11 is 1.81. The number of nitro benzene ring substituents is 1. The second-order valence-electron chi connectivity index (χ2n) is 4.52. The fourth-order valence-electron chi connectivity index (χ4n) is 2.02. The van der Waals surface area contributed by atoms with E-state index in [2.05, 4.69) is 5.32 Å². The monoisotopic (exact) mass is 300 g/mol. The molecule has 1 aromatic rings. The number of hydrogen-bond acceptors (Lipinski definition) is 5. The van der Waals surface area contributed by atoms with Crippen molar-refractivity contribution >= 4 is 29.1 Å². The zero-order chi connectivity index (χ0) is 14.7. The molecular formula is C12H13FN2O4S. The predicted octanol–water partition coefficient (Wildman–Crippen LogP) is 2.60. The van der Waals surface area contributed by atoms with Crippen molar-refractivity contribution in [2.75, 3.05) is 23.4 Å². The molecule has 0 radical (unpaired) electrons. The van der Waals surface area contributed by atoms with Crippen molar-refractivity contribution < 1.29 is 19.2 Å². The molecule has 20 heavy (non-hydrogen) atoms. The number of thioether (sulfide) groups is 1. The summed E-state index contributed by atoms with van der Waals surface area (Å²) in [6.45, 7) is 0.512. The van der Waals surface area contributed by atoms with E-state index in [4.69, 9.17) is 5.11 Å². The van der Waals surface area contributed by atoms with Gasteiger partial charge in [0.15, 0.2) is 0 Å². The lowest BCUT2D eigenvalue weighted by molar-refractivity contribution is -0.384. The van der Waals surface area contributed by atoms with Crippen LogP contribution in [0.15, 0.2) is 12.1 Å². The van der Waals surface area contributed by atoms with Gasteiger partial charge in [-0.15, -0.1) is 0 Å². The Kier molecular flexibility index (Phi) is 4.43. The van der Waals surface area contributed by atoms with E-state index in [1.54, 1.807) is 0 Å². The van der Waals surface area contributed by atoms with Crippen LogP contribution in [0.4, 0.5) is 15.8 Å². The first-order chi connectivity index (χ1) is 9.49. The van der Waals surface area contributed by atoms with Crippen LogP contribution in [0.3, 0.4) is 0 Å². The molecule has 1 heterocycles. The summed E-state index contributed by atoms with van der Waals surface area (Å²) in [6.07, 6.45) is 1.01. The highest BCUT2D eigenvalue weighted by molar-refractivity contribution is 7.99. The summed E-state index contributed by atoms with van der Waals surface area (Å²) in [7, 11) is 0. The van der Waals surface area contributed by atoms with Crippen molar-refractivity contribution in [3.63, 3.8) is 0 Å². The molecule has 6 nitrogen and oxygen atoms in total. The van der Waals surface area contributed by atoms with Crippen LogP contribution in [-0.2, 0) is 0 Å². The highest BCUT2D eigenvalue weighted by atomic mass is 32.2. The third-order valence-corrected chi connectivity index (χ3v) is 4.35. The Labute approximate surface area is 118 Å². The molecule has 8 heteroatoms. The summed E-state index contributed by atoms with van der Waals surface area (Å²) < 4.78 is 13.5. The van der Waals surface area contributed by atoms with Crippen molar-refractivity contribution in [2.24, 2.45) is 5.92 Å². The molecule has 1 fully saturated rings. The molecule has 0 amide bonds. The molecule has 1 unspecified atom stereocenters. The van der Waals surface area contributed by atoms with E-state index in [0.29, 0.717) is 18.5 Å². The maximum atomic E-state index is 13.5. The fraction of sp³-hybridized carbons (Fsp3) is 0.417. The standard InChI is InChI=1S/C12H13FN2O4S/c13-9-4-11(15(18)19)10(3-8(9)12(16)17)14-5-7-1-2-20-6-7/h3-4,7,14H,1-2,5-6H2,(H,16,17). The van der Waals surface area contributed by atoms with E-state index in [1.165, 1.54) is 0 Å². The Balaban J connectivity index is 2.25. The van der Waals surface area contributed by atoms with Crippen molar-refractivity contribution in [1.82, 2.24) is 0 Å². The van der Waals surface area contributed by atoms with Crippen molar-refractivity contribution in [3.05, 3.63) is 33.6 Å². The van der Waals surface area contributed by atoms with E-state index in [-0.39, 0.29) is 5.69 Å². The first kappa shape index (κ1) is 14.6. The van der Waals surface area contributed by atoms with Gasteiger partial charge in [-0.05, 0) is 29.9 Å². The van der Waals surface area contributed by atoms with Gasteiger partial charge in [0.2, 0.25) is 0 Å². The maximum absolute atomic E-state index is 13.5. The highest BCUT2D eigenvalue weighted by Gasteiger charge is 2.23. The third kappa shape index (κ3) is 3.19. The molecule has 2 N–H and O–H groups in total. The number of aromatic carboxylic acids is 1. The summed E-state index contributed by atoms with van der Waals surface area (Å²) in [5, 5.41) is 22.6. The molecule has 0 aliphatic carbocycles. The number of anilines is 1. The Morgan fingerprint density at radius 3 is 2.90 bits per heavy atom. The Bertz CT molecular complexity index is 547. The minimum Gasteiger partial charge on any atom is -0.478 e. The number of nitro groups is 1. The number of nitrogens with one attached hydrogen (secondary N) is 1. The van der Waals surface area contributed by atoms with Crippen LogP contribution in [-0.4, -0.2) is 34.0 Å². The van der Waals surface area contributed by atoms with E-state index < -0.39 is 28.0 Å². The van der Waals surface area contributed by atoms with Crippen LogP contribution < -0.4 is 5.32 Å². The number of rotatable bonds is 5. The topological polar surface area (TPSA) is 92.5 Å². The van der Waals surface area contributed by atoms with Gasteiger partial charge in [0.05, 0.1) is 16.6 Å². The summed E-state index contributed by atoms with van der Waals surface area (Å²) in [6, 6.07) is 1.63. The van der Waals surface area contributed by atoms with Gasteiger partial charge in [-0.25, -0.2) is 9.18 Å². The molecule has 0 aromatic heterocycles. The SMILES string of the molecule is O=C(O)c1cc(NCC2CCSC2)c([N+](=O)[O-])cc1F. The first-order valence-corrected chi connectivity index (χ1v) is 7.17. The lowest BCUT2D eigenvalue weighted by atomic mass is 10.1. The molecule has 0 spiro atoms. The molecule has 0 bridgehead atoms. The number of carbonyl (C=O) groups is 1. The largest absolute Gasteiger partial charge is 0.478 e. The lowest BCUT2D eigenvalue weighted by Gasteiger charge is -2.12. The lowest BCUT2D eigenvalue weighted by Crippen LogP contribution is -2.15. The average Bonchev–Trinajstić information content (AvgIpc) is 2.89. The molecule has 2 rings (SSSR count). The normalized spacial score (nSPS) is 17.9. The minimum atomic E-state index is -1.45. The van der Waals surface area contributed by atoms with E-state index >= 15 is 0 Å². The molecule has 1 atom stereocenters. The third-order valence-electron chi connectivity index (χ3n) is 3.12. The van der Waals surface area contributed by atoms with Gasteiger partial charge in [0.25, 0.3) is 5.69 Å². The smallest absolute Gasteiger partial charge is 0.338 e. The molecular weight excluding hydrogens is 287 g/mol. The average molecular weight is 300 g/mol. The molecule has 108 valence electrons. The number of carboxylic acid groups (broad SMARTS) is 1. The predicted molar refractivity (Wildman–Crippen MR) is 73.9 cm³/mol. The molecule has 0 saturated carbocycles. The number of benzene rings is 1. The molecule has 1 aliphatic heterocycles. The van der Waals surface area contributed by atoms with Crippen LogP contribution in [0.1, 0.15) is 16.8 Å². The van der Waals surface area contributed by atoms with E-state index in [1.807, 2.05) is 11.8 Å². The zero-order valence-electron chi connectivity index (χ0n) is 10.5. The van der Waals surface area contributed by atoms with Crippen LogP contribution in [0.2, 0.25) is 0 Å². The van der Waals surface area contributed by atoms with Gasteiger partial charge < -0.3 is 10.4 Å². The van der Waals surface area contributed by atoms with Gasteiger partial charge in [0.1, 0.15) is 11.5 Å². The fourth-order valence-corrected chi connectivity index (χ4v) is 3.30. The van der Waals surface area contributed by atoms with Gasteiger partial charge in [-0.2, -0.15) is 11.8 Å². The van der Waals surface area contributed by atoms with E-state index in [9.17, 15) is 19.3 Å². The molecule has 1 saturated heterocycles. The Morgan fingerprint density at radius 2 is 2.35 bits per heavy atom. The van der Waals surface area contributed by atoms with Crippen LogP contribution in [0, 0.1) is 21.8 Å². The molecule has 1 aromatic carbocycles. The number of carboxylic acids is 1. The Hall–Kier alpha value is -1.83. The van der Waals surface area contributed by atoms with Crippen LogP contribution >= 0.6 is 11.8 Å². The van der Waals surface area contributed by atoms with E-state index in [0.717, 1.165) is 24.0 Å². The van der Waals surface area contributed by atoms with Gasteiger partial charge in [-0.1, -0.05) is 0 Å². The number of halogens is 1. The quantitative estimate of drug-likeness (QED) is 0.641. The second-order valence-corrected chi connectivity index (χ2v) is 5.67. The summed E-state index contributed by atoms with van der Waals surface area (Å²) in [4.78, 5) is 21.1. The van der Waals surface area contributed by atoms with Gasteiger partial charge in [0, 0.05) is 6.54 Å². The van der Waals surface area contributed by atoms with Crippen molar-refractivity contribution in [3.8, 4) is 0 Å². The Morgan fingerprint density at radius 1 is 1.60 bits per heavy atom. The zero-order valence-corrected chi connectivity index (χ0v) is 11.3. The van der Waals surface area contributed by atoms with Gasteiger partial charge in [-0.3, -0.25) is 10.1 Å². The maximum Gasteiger partial charge on any atom is 0.338 e. The van der Waals surface area contributed by atoms with Crippen molar-refractivity contribution in [2.45, 2.75) is 6.42 Å². The summed E-state index contributed by atoms with van der Waals surface area (Å²) in [5.41, 5.74) is -0.970. The number of nitrogens with zero attached hydrogens (tertiary/aromatic N) is 1. The van der Waals surface area contributed by atoms with Crippen LogP contribution in [0.25, 0.3) is 0 Å². The van der Waals surface area contributed by atoms with Crippen molar-refractivity contribution in [1.29, 1.82) is 0 Å². The number of hydrogen-bond donors (Lipinski definition) is 2. The second kappa shape index (κ2) is 6.08. The highest BCUT2D eigenvalue weighted by Crippen LogP contribution is 2.29. The summed E-state index contributed by atoms with van der Waals surface area (Å²) in [5.74, 6) is -0.146. The minimum absolute atomic E-state index is 0.0469. The van der Waals surface area contributed by atoms with Gasteiger partial charge >= 0.3 is 5.97 Å². The first-order valence-electron chi connectivity index (χ1n) is 6.02. The van der Waals surface area contributed by atoms with Crippen LogP contribution in [0.5, 0.6) is 0 Å².